The number of rotatable bonds is 4. The van der Waals surface area contributed by atoms with Gasteiger partial charge in [-0.05, 0) is 6.92 Å². The van der Waals surface area contributed by atoms with Crippen molar-refractivity contribution in [3.63, 3.8) is 0 Å². The molecule has 0 spiro atoms. The van der Waals surface area contributed by atoms with Crippen LogP contribution in [0.1, 0.15) is 20.8 Å². The number of hydrogen-bond acceptors (Lipinski definition) is 4. The molecule has 5 nitrogen and oxygen atoms in total. The Morgan fingerprint density at radius 2 is 1.92 bits per heavy atom. The first kappa shape index (κ1) is 12.3. The average molecular weight is 191 g/mol. The third kappa shape index (κ3) is 1.82. The van der Waals surface area contributed by atoms with Crippen molar-refractivity contribution in [1.29, 1.82) is 0 Å². The Morgan fingerprint density at radius 1 is 1.54 bits per heavy atom. The van der Waals surface area contributed by atoms with Crippen molar-refractivity contribution in [3.05, 3.63) is 0 Å². The fraction of sp³-hybridized carbons (Fsp3) is 0.875. The van der Waals surface area contributed by atoms with Gasteiger partial charge in [-0.25, -0.2) is 0 Å². The molecule has 0 amide bonds. The molecule has 0 aliphatic rings. The number of aliphatic carboxylic acids is 1. The first-order chi connectivity index (χ1) is 5.70. The molecule has 5 N–H and O–H groups in total. The fourth-order valence-corrected chi connectivity index (χ4v) is 1.16. The van der Waals surface area contributed by atoms with Crippen LogP contribution in [0.5, 0.6) is 0 Å². The van der Waals surface area contributed by atoms with E-state index in [4.69, 9.17) is 15.9 Å². The topological polar surface area (TPSA) is 104 Å². The number of hydrogen-bond donors (Lipinski definition) is 4. The molecule has 0 radical (unpaired) electrons. The minimum Gasteiger partial charge on any atom is -0.480 e. The zero-order chi connectivity index (χ0) is 10.9. The molecule has 1 unspecified atom stereocenters. The van der Waals surface area contributed by atoms with Gasteiger partial charge in [-0.1, -0.05) is 13.8 Å². The van der Waals surface area contributed by atoms with Crippen LogP contribution in [0.15, 0.2) is 0 Å². The van der Waals surface area contributed by atoms with Crippen LogP contribution in [0.25, 0.3) is 0 Å². The second-order valence-corrected chi connectivity index (χ2v) is 3.89. The summed E-state index contributed by atoms with van der Waals surface area (Å²) in [7, 11) is 0. The van der Waals surface area contributed by atoms with E-state index >= 15 is 0 Å². The summed E-state index contributed by atoms with van der Waals surface area (Å²) in [6, 6.07) is 0. The number of carboxylic acid groups (broad SMARTS) is 1. The first-order valence-corrected chi connectivity index (χ1v) is 4.01. The lowest BCUT2D eigenvalue weighted by atomic mass is 9.70. The van der Waals surface area contributed by atoms with Crippen molar-refractivity contribution >= 4 is 5.97 Å². The van der Waals surface area contributed by atoms with E-state index in [9.17, 15) is 9.90 Å². The SMILES string of the molecule is CC(O)[C@@](N)(C(=O)O)C(C)(C)CO. The van der Waals surface area contributed by atoms with Gasteiger partial charge in [0.15, 0.2) is 0 Å². The summed E-state index contributed by atoms with van der Waals surface area (Å²) >= 11 is 0. The zero-order valence-corrected chi connectivity index (χ0v) is 8.11. The molecule has 0 aliphatic carbocycles. The van der Waals surface area contributed by atoms with Gasteiger partial charge in [-0.2, -0.15) is 0 Å². The van der Waals surface area contributed by atoms with Crippen molar-refractivity contribution in [3.8, 4) is 0 Å². The lowest BCUT2D eigenvalue weighted by molar-refractivity contribution is -0.156. The molecule has 78 valence electrons. The molecular formula is C8H17NO4. The highest BCUT2D eigenvalue weighted by molar-refractivity contribution is 5.80. The van der Waals surface area contributed by atoms with E-state index in [1.807, 2.05) is 0 Å². The van der Waals surface area contributed by atoms with E-state index in [0.717, 1.165) is 0 Å². The molecule has 0 heterocycles. The van der Waals surface area contributed by atoms with Gasteiger partial charge in [0.05, 0.1) is 12.7 Å². The third-order valence-electron chi connectivity index (χ3n) is 2.53. The van der Waals surface area contributed by atoms with Gasteiger partial charge in [-0.3, -0.25) is 4.79 Å². The maximum Gasteiger partial charge on any atom is 0.327 e. The van der Waals surface area contributed by atoms with E-state index in [2.05, 4.69) is 0 Å². The molecule has 2 atom stereocenters. The highest BCUT2D eigenvalue weighted by Crippen LogP contribution is 2.31. The summed E-state index contributed by atoms with van der Waals surface area (Å²) in [4.78, 5) is 10.9. The molecule has 0 bridgehead atoms. The van der Waals surface area contributed by atoms with E-state index in [-0.39, 0.29) is 0 Å². The lowest BCUT2D eigenvalue weighted by Gasteiger charge is -2.41. The highest BCUT2D eigenvalue weighted by atomic mass is 16.4. The van der Waals surface area contributed by atoms with Crippen LogP contribution in [0.4, 0.5) is 0 Å². The number of carboxylic acids is 1. The van der Waals surface area contributed by atoms with Crippen LogP contribution in [0.2, 0.25) is 0 Å². The van der Waals surface area contributed by atoms with Crippen LogP contribution in [-0.2, 0) is 4.79 Å². The van der Waals surface area contributed by atoms with Crippen molar-refractivity contribution in [2.45, 2.75) is 32.4 Å². The average Bonchev–Trinajstić information content (AvgIpc) is 2.01. The first-order valence-electron chi connectivity index (χ1n) is 4.01. The molecule has 0 aromatic heterocycles. The van der Waals surface area contributed by atoms with Gasteiger partial charge in [0.2, 0.25) is 0 Å². The Labute approximate surface area is 77.2 Å². The minimum atomic E-state index is -1.83. The van der Waals surface area contributed by atoms with Gasteiger partial charge >= 0.3 is 5.97 Å². The fourth-order valence-electron chi connectivity index (χ4n) is 1.16. The number of aliphatic hydroxyl groups is 2. The molecular weight excluding hydrogens is 174 g/mol. The van der Waals surface area contributed by atoms with Gasteiger partial charge in [0, 0.05) is 5.41 Å². The van der Waals surface area contributed by atoms with Gasteiger partial charge in [-0.15, -0.1) is 0 Å². The zero-order valence-electron chi connectivity index (χ0n) is 8.11. The molecule has 0 aromatic carbocycles. The summed E-state index contributed by atoms with van der Waals surface area (Å²) < 4.78 is 0. The molecule has 13 heavy (non-hydrogen) atoms. The van der Waals surface area contributed by atoms with Gasteiger partial charge in [0.25, 0.3) is 0 Å². The second kappa shape index (κ2) is 3.61. The Hall–Kier alpha value is -0.650. The second-order valence-electron chi connectivity index (χ2n) is 3.89. The van der Waals surface area contributed by atoms with Crippen molar-refractivity contribution in [2.24, 2.45) is 11.1 Å². The summed E-state index contributed by atoms with van der Waals surface area (Å²) in [6.45, 7) is 3.88. The maximum atomic E-state index is 10.9. The monoisotopic (exact) mass is 191 g/mol. The standard InChI is InChI=1S/C8H17NO4/c1-5(11)8(9,6(12)13)7(2,3)4-10/h5,10-11H,4,9H2,1-3H3,(H,12,13)/t5?,8-/m1/s1. The summed E-state index contributed by atoms with van der Waals surface area (Å²) in [5.41, 5.74) is 2.65. The quantitative estimate of drug-likeness (QED) is 0.464. The Kier molecular flexibility index (Phi) is 3.43. The largest absolute Gasteiger partial charge is 0.480 e. The smallest absolute Gasteiger partial charge is 0.327 e. The predicted molar refractivity (Wildman–Crippen MR) is 47.1 cm³/mol. The van der Waals surface area contributed by atoms with Crippen LogP contribution >= 0.6 is 0 Å². The van der Waals surface area contributed by atoms with E-state index in [1.165, 1.54) is 20.8 Å². The van der Waals surface area contributed by atoms with Crippen LogP contribution in [0.3, 0.4) is 0 Å². The van der Waals surface area contributed by atoms with Crippen LogP contribution in [-0.4, -0.2) is 39.5 Å². The highest BCUT2D eigenvalue weighted by Gasteiger charge is 2.51. The minimum absolute atomic E-state index is 0.402. The normalized spacial score (nSPS) is 19.2. The van der Waals surface area contributed by atoms with E-state index in [1.54, 1.807) is 0 Å². The third-order valence-corrected chi connectivity index (χ3v) is 2.53. The summed E-state index contributed by atoms with van der Waals surface area (Å²) in [5, 5.41) is 27.1. The summed E-state index contributed by atoms with van der Waals surface area (Å²) in [5.74, 6) is -1.32. The lowest BCUT2D eigenvalue weighted by Crippen LogP contribution is -2.66. The van der Waals surface area contributed by atoms with E-state index in [0.29, 0.717) is 0 Å². The maximum absolute atomic E-state index is 10.9. The Balaban J connectivity index is 5.13. The predicted octanol–water partition coefficient (Wildman–Crippen LogP) is -0.832. The van der Waals surface area contributed by atoms with Crippen molar-refractivity contribution < 1.29 is 20.1 Å². The van der Waals surface area contributed by atoms with Crippen molar-refractivity contribution in [1.82, 2.24) is 0 Å². The molecule has 0 saturated carbocycles. The van der Waals surface area contributed by atoms with Gasteiger partial charge in [0.1, 0.15) is 5.54 Å². The molecule has 0 aliphatic heterocycles. The van der Waals surface area contributed by atoms with Crippen molar-refractivity contribution in [2.75, 3.05) is 6.61 Å². The molecule has 5 heteroatoms. The molecule has 0 rings (SSSR count). The van der Waals surface area contributed by atoms with Crippen LogP contribution < -0.4 is 5.73 Å². The Morgan fingerprint density at radius 3 is 2.00 bits per heavy atom. The molecule has 0 fully saturated rings. The summed E-state index contributed by atoms with van der Waals surface area (Å²) in [6.07, 6.45) is -1.23. The van der Waals surface area contributed by atoms with Gasteiger partial charge < -0.3 is 21.1 Å². The number of aliphatic hydroxyl groups excluding tert-OH is 2. The Bertz CT molecular complexity index is 202. The number of nitrogens with two attached hydrogens (primary N) is 1. The van der Waals surface area contributed by atoms with Crippen LogP contribution in [0, 0.1) is 5.41 Å². The van der Waals surface area contributed by atoms with E-state index < -0.39 is 29.6 Å². The molecule has 0 aromatic rings. The number of carbonyl (C=O) groups is 1. The molecule has 0 saturated heterocycles.